The monoisotopic (exact) mass is 486 g/mol. The Hall–Kier alpha value is -3.67. The molecular formula is C23H38N10O2. The van der Waals surface area contributed by atoms with Crippen molar-refractivity contribution >= 4 is 35.5 Å². The summed E-state index contributed by atoms with van der Waals surface area (Å²) in [4.78, 5) is 28.9. The second-order valence-electron chi connectivity index (χ2n) is 8.23. The molecule has 0 aliphatic carbocycles. The van der Waals surface area contributed by atoms with Crippen molar-refractivity contribution in [3.8, 4) is 0 Å². The van der Waals surface area contributed by atoms with Crippen LogP contribution in [0, 0.1) is 6.92 Å². The van der Waals surface area contributed by atoms with E-state index in [4.69, 9.17) is 11.5 Å². The molecule has 35 heavy (non-hydrogen) atoms. The molecule has 0 spiro atoms. The van der Waals surface area contributed by atoms with Crippen molar-refractivity contribution < 1.29 is 9.90 Å². The molecule has 192 valence electrons. The van der Waals surface area contributed by atoms with Gasteiger partial charge < -0.3 is 37.8 Å². The number of guanidine groups is 1. The first-order valence-electron chi connectivity index (χ1n) is 11.9. The van der Waals surface area contributed by atoms with Crippen molar-refractivity contribution in [3.05, 3.63) is 29.8 Å². The standard InChI is InChI=1S/C23H38N10O2/c1-16-9-11-17(12-10-16)29-22-31-21(28-14-6-4-3-5-13-26-2)32-23(33-22)30-18(19(34)35)8-7-15-27-20(24)25/h9-12,18,26H,3-8,13-15H2,1-2H3,(H,34,35)(H4,24,25,27)(H3,28,29,30,31,32,33). The van der Waals surface area contributed by atoms with Crippen molar-refractivity contribution in [1.29, 1.82) is 0 Å². The summed E-state index contributed by atoms with van der Waals surface area (Å²) in [6.07, 6.45) is 5.14. The van der Waals surface area contributed by atoms with E-state index in [1.54, 1.807) is 0 Å². The van der Waals surface area contributed by atoms with E-state index >= 15 is 0 Å². The number of hydrogen-bond donors (Lipinski definition) is 7. The molecule has 2 rings (SSSR count). The minimum Gasteiger partial charge on any atom is -0.480 e. The van der Waals surface area contributed by atoms with E-state index in [1.807, 2.05) is 38.2 Å². The highest BCUT2D eigenvalue weighted by molar-refractivity contribution is 5.77. The number of aliphatic carboxylic acids is 1. The van der Waals surface area contributed by atoms with Crippen LogP contribution in [0.1, 0.15) is 44.1 Å². The van der Waals surface area contributed by atoms with Gasteiger partial charge >= 0.3 is 5.97 Å². The molecule has 12 nitrogen and oxygen atoms in total. The normalized spacial score (nSPS) is 11.5. The molecule has 0 aliphatic rings. The lowest BCUT2D eigenvalue weighted by atomic mass is 10.1. The highest BCUT2D eigenvalue weighted by Crippen LogP contribution is 2.18. The van der Waals surface area contributed by atoms with Crippen molar-refractivity contribution in [2.45, 2.75) is 51.5 Å². The van der Waals surface area contributed by atoms with Crippen LogP contribution in [0.25, 0.3) is 0 Å². The summed E-state index contributed by atoms with van der Waals surface area (Å²) in [5, 5.41) is 22.1. The van der Waals surface area contributed by atoms with Crippen LogP contribution in [0.3, 0.4) is 0 Å². The van der Waals surface area contributed by atoms with Gasteiger partial charge in [-0.1, -0.05) is 30.5 Å². The Labute approximate surface area is 206 Å². The fourth-order valence-corrected chi connectivity index (χ4v) is 3.24. The average molecular weight is 487 g/mol. The second-order valence-corrected chi connectivity index (χ2v) is 8.23. The molecule has 1 heterocycles. The topological polar surface area (TPSA) is 188 Å². The number of rotatable bonds is 17. The molecular weight excluding hydrogens is 448 g/mol. The van der Waals surface area contributed by atoms with Gasteiger partial charge in [-0.3, -0.25) is 4.99 Å². The number of carbonyl (C=O) groups is 1. The molecule has 1 aromatic carbocycles. The third-order valence-electron chi connectivity index (χ3n) is 5.13. The number of aromatic nitrogens is 3. The van der Waals surface area contributed by atoms with Crippen LogP contribution in [0.15, 0.2) is 29.3 Å². The van der Waals surface area contributed by atoms with Crippen molar-refractivity contribution in [2.24, 2.45) is 16.5 Å². The number of nitrogens with one attached hydrogen (secondary N) is 4. The Morgan fingerprint density at radius 1 is 0.971 bits per heavy atom. The molecule has 12 heteroatoms. The molecule has 0 saturated carbocycles. The van der Waals surface area contributed by atoms with Crippen LogP contribution in [-0.2, 0) is 4.79 Å². The Bertz CT molecular complexity index is 932. The minimum absolute atomic E-state index is 0.0214. The van der Waals surface area contributed by atoms with Gasteiger partial charge in [-0.05, 0) is 58.3 Å². The van der Waals surface area contributed by atoms with Gasteiger partial charge in [0, 0.05) is 18.8 Å². The predicted molar refractivity (Wildman–Crippen MR) is 140 cm³/mol. The zero-order valence-electron chi connectivity index (χ0n) is 20.5. The van der Waals surface area contributed by atoms with Gasteiger partial charge in [-0.2, -0.15) is 15.0 Å². The SMILES string of the molecule is CNCCCCCCNc1nc(Nc2ccc(C)cc2)nc(NC(CCCN=C(N)N)C(=O)O)n1. The predicted octanol–water partition coefficient (Wildman–Crippen LogP) is 2.03. The number of carboxylic acid groups (broad SMARTS) is 1. The molecule has 1 unspecified atom stereocenters. The third kappa shape index (κ3) is 11.3. The first kappa shape index (κ1) is 27.6. The van der Waals surface area contributed by atoms with Gasteiger partial charge in [-0.25, -0.2) is 4.79 Å². The van der Waals surface area contributed by atoms with Crippen LogP contribution in [0.4, 0.5) is 23.5 Å². The maximum atomic E-state index is 11.8. The Balaban J connectivity index is 2.09. The van der Waals surface area contributed by atoms with E-state index in [2.05, 4.69) is 41.2 Å². The molecule has 0 saturated heterocycles. The molecule has 2 aromatic rings. The smallest absolute Gasteiger partial charge is 0.326 e. The zero-order chi connectivity index (χ0) is 25.5. The van der Waals surface area contributed by atoms with Gasteiger partial charge in [-0.15, -0.1) is 0 Å². The van der Waals surface area contributed by atoms with Gasteiger partial charge in [0.25, 0.3) is 0 Å². The number of carboxylic acids is 1. The Morgan fingerprint density at radius 2 is 1.63 bits per heavy atom. The van der Waals surface area contributed by atoms with E-state index in [9.17, 15) is 9.90 Å². The molecule has 0 amide bonds. The zero-order valence-corrected chi connectivity index (χ0v) is 20.5. The largest absolute Gasteiger partial charge is 0.480 e. The molecule has 1 aromatic heterocycles. The first-order valence-corrected chi connectivity index (χ1v) is 11.9. The number of aryl methyl sites for hydroxylation is 1. The average Bonchev–Trinajstić information content (AvgIpc) is 2.81. The lowest BCUT2D eigenvalue weighted by Crippen LogP contribution is -2.31. The molecule has 0 bridgehead atoms. The fraction of sp³-hybridized carbons (Fsp3) is 0.522. The summed E-state index contributed by atoms with van der Waals surface area (Å²) < 4.78 is 0. The number of unbranched alkanes of at least 4 members (excludes halogenated alkanes) is 3. The van der Waals surface area contributed by atoms with Crippen molar-refractivity contribution in [1.82, 2.24) is 20.3 Å². The second kappa shape index (κ2) is 15.3. The number of hydrogen-bond acceptors (Lipinski definition) is 9. The third-order valence-corrected chi connectivity index (χ3v) is 5.13. The number of aliphatic imine (C=N–C) groups is 1. The summed E-state index contributed by atoms with van der Waals surface area (Å²) in [5.41, 5.74) is 12.6. The summed E-state index contributed by atoms with van der Waals surface area (Å²) in [6, 6.07) is 6.90. The quantitative estimate of drug-likeness (QED) is 0.0984. The molecule has 0 aliphatic heterocycles. The van der Waals surface area contributed by atoms with Gasteiger partial charge in [0.05, 0.1) is 0 Å². The van der Waals surface area contributed by atoms with Crippen LogP contribution in [0.5, 0.6) is 0 Å². The lowest BCUT2D eigenvalue weighted by Gasteiger charge is -2.16. The first-order chi connectivity index (χ1) is 16.9. The van der Waals surface area contributed by atoms with E-state index < -0.39 is 12.0 Å². The van der Waals surface area contributed by atoms with E-state index in [0.717, 1.165) is 43.5 Å². The molecule has 0 fully saturated rings. The summed E-state index contributed by atoms with van der Waals surface area (Å²) in [6.45, 7) is 4.07. The van der Waals surface area contributed by atoms with E-state index in [0.29, 0.717) is 37.8 Å². The highest BCUT2D eigenvalue weighted by Gasteiger charge is 2.19. The van der Waals surface area contributed by atoms with Gasteiger partial charge in [0.2, 0.25) is 17.8 Å². The Morgan fingerprint density at radius 3 is 2.29 bits per heavy atom. The van der Waals surface area contributed by atoms with Crippen LogP contribution in [-0.4, -0.2) is 64.7 Å². The molecule has 0 radical (unpaired) electrons. The van der Waals surface area contributed by atoms with E-state index in [-0.39, 0.29) is 11.9 Å². The fourth-order valence-electron chi connectivity index (χ4n) is 3.24. The van der Waals surface area contributed by atoms with Gasteiger partial charge in [0.1, 0.15) is 6.04 Å². The van der Waals surface area contributed by atoms with Crippen LogP contribution < -0.4 is 32.7 Å². The Kier molecular flexibility index (Phi) is 12.0. The molecule has 1 atom stereocenters. The number of nitrogens with two attached hydrogens (primary N) is 2. The number of nitrogens with zero attached hydrogens (tertiary/aromatic N) is 4. The summed E-state index contributed by atoms with van der Waals surface area (Å²) >= 11 is 0. The maximum Gasteiger partial charge on any atom is 0.326 e. The summed E-state index contributed by atoms with van der Waals surface area (Å²) in [7, 11) is 1.95. The number of anilines is 4. The minimum atomic E-state index is -1.01. The van der Waals surface area contributed by atoms with E-state index in [1.165, 1.54) is 0 Å². The van der Waals surface area contributed by atoms with Crippen LogP contribution >= 0.6 is 0 Å². The maximum absolute atomic E-state index is 11.8. The summed E-state index contributed by atoms with van der Waals surface area (Å²) in [5.74, 6) is -0.184. The van der Waals surface area contributed by atoms with Crippen molar-refractivity contribution in [3.63, 3.8) is 0 Å². The highest BCUT2D eigenvalue weighted by atomic mass is 16.4. The lowest BCUT2D eigenvalue weighted by molar-refractivity contribution is -0.138. The van der Waals surface area contributed by atoms with Gasteiger partial charge in [0.15, 0.2) is 5.96 Å². The van der Waals surface area contributed by atoms with Crippen LogP contribution in [0.2, 0.25) is 0 Å². The number of benzene rings is 1. The van der Waals surface area contributed by atoms with Crippen molar-refractivity contribution in [2.75, 3.05) is 42.6 Å². The molecule has 9 N–H and O–H groups in total.